The lowest BCUT2D eigenvalue weighted by molar-refractivity contribution is 0.257. The van der Waals surface area contributed by atoms with Crippen LogP contribution in [0.15, 0.2) is 45.7 Å². The highest BCUT2D eigenvalue weighted by molar-refractivity contribution is 5.66. The minimum Gasteiger partial charge on any atom is -0.506 e. The van der Waals surface area contributed by atoms with Crippen LogP contribution in [0.25, 0.3) is 11.3 Å². The van der Waals surface area contributed by atoms with Gasteiger partial charge in [-0.1, -0.05) is 17.3 Å². The topological polar surface area (TPSA) is 101 Å². The Balaban J connectivity index is 1.67. The fourth-order valence-electron chi connectivity index (χ4n) is 3.46. The van der Waals surface area contributed by atoms with Crippen molar-refractivity contribution >= 4 is 0 Å². The van der Waals surface area contributed by atoms with Gasteiger partial charge in [0.1, 0.15) is 23.9 Å². The van der Waals surface area contributed by atoms with Gasteiger partial charge >= 0.3 is 5.76 Å². The molecule has 0 saturated carbocycles. The van der Waals surface area contributed by atoms with Crippen LogP contribution in [-0.2, 0) is 13.0 Å². The molecule has 0 bridgehead atoms. The number of aromatic nitrogens is 3. The Morgan fingerprint density at radius 1 is 1.06 bits per heavy atom. The number of hydrogen-bond donors (Lipinski definition) is 2. The predicted octanol–water partition coefficient (Wildman–Crippen LogP) is 4.33. The quantitative estimate of drug-likeness (QED) is 0.447. The van der Waals surface area contributed by atoms with Crippen molar-refractivity contribution in [1.29, 1.82) is 0 Å². The van der Waals surface area contributed by atoms with Gasteiger partial charge in [0.15, 0.2) is 23.2 Å². The third-order valence-electron chi connectivity index (χ3n) is 5.22. The zero-order chi connectivity index (χ0) is 23.7. The van der Waals surface area contributed by atoms with Gasteiger partial charge in [-0.05, 0) is 54.8 Å². The standard InChI is InChI=1S/C23H18F3N3O4/c1-11-15(9-13-7-8-17(30)21(27-13)14-5-3-4-6-16(14)24)12(2)20(26)22(19(11)25)32-10-18-28-23(31)33-29-18/h3-8,30H,9-10H2,1-2H3,(H,28,29,31). The van der Waals surface area contributed by atoms with Crippen molar-refractivity contribution < 1.29 is 27.5 Å². The van der Waals surface area contributed by atoms with E-state index < -0.39 is 35.6 Å². The van der Waals surface area contributed by atoms with Crippen LogP contribution in [0.1, 0.15) is 28.2 Å². The van der Waals surface area contributed by atoms with Crippen LogP contribution in [0.5, 0.6) is 11.5 Å². The van der Waals surface area contributed by atoms with Crippen molar-refractivity contribution in [3.8, 4) is 22.8 Å². The molecule has 4 rings (SSSR count). The number of halogens is 3. The minimum atomic E-state index is -0.910. The molecule has 0 atom stereocenters. The molecule has 0 amide bonds. The summed E-state index contributed by atoms with van der Waals surface area (Å²) in [6, 6.07) is 8.71. The summed E-state index contributed by atoms with van der Waals surface area (Å²) in [6.45, 7) is 2.55. The number of nitrogens with zero attached hydrogens (tertiary/aromatic N) is 2. The van der Waals surface area contributed by atoms with Crippen molar-refractivity contribution in [1.82, 2.24) is 15.1 Å². The highest BCUT2D eigenvalue weighted by Gasteiger charge is 2.23. The second-order valence-electron chi connectivity index (χ2n) is 7.34. The number of ether oxygens (including phenoxy) is 1. The summed E-state index contributed by atoms with van der Waals surface area (Å²) in [7, 11) is 0. The lowest BCUT2D eigenvalue weighted by Crippen LogP contribution is -2.09. The molecule has 0 aliphatic heterocycles. The Labute approximate surface area is 185 Å². The number of nitrogens with one attached hydrogen (secondary N) is 1. The molecule has 0 saturated heterocycles. The molecule has 2 aromatic carbocycles. The van der Waals surface area contributed by atoms with Gasteiger partial charge in [0.2, 0.25) is 0 Å². The number of hydrogen-bond acceptors (Lipinski definition) is 6. The average molecular weight is 457 g/mol. The molecule has 170 valence electrons. The van der Waals surface area contributed by atoms with Crippen LogP contribution in [0.3, 0.4) is 0 Å². The van der Waals surface area contributed by atoms with Crippen molar-refractivity contribution in [3.63, 3.8) is 0 Å². The molecule has 33 heavy (non-hydrogen) atoms. The lowest BCUT2D eigenvalue weighted by Gasteiger charge is -2.17. The fraction of sp³-hybridized carbons (Fsp3) is 0.174. The summed E-state index contributed by atoms with van der Waals surface area (Å²) in [5.74, 6) is -4.04. The summed E-state index contributed by atoms with van der Waals surface area (Å²) in [5.41, 5.74) is 1.13. The lowest BCUT2D eigenvalue weighted by atomic mass is 9.96. The molecular formula is C23H18F3N3O4. The first-order valence-electron chi connectivity index (χ1n) is 9.84. The summed E-state index contributed by atoms with van der Waals surface area (Å²) < 4.78 is 53.7. The van der Waals surface area contributed by atoms with Crippen LogP contribution in [0, 0.1) is 31.3 Å². The second kappa shape index (κ2) is 8.81. The largest absolute Gasteiger partial charge is 0.506 e. The zero-order valence-electron chi connectivity index (χ0n) is 17.6. The number of aromatic hydroxyl groups is 1. The Morgan fingerprint density at radius 2 is 1.76 bits per heavy atom. The molecule has 0 fully saturated rings. The van der Waals surface area contributed by atoms with E-state index in [0.29, 0.717) is 11.3 Å². The molecule has 0 spiro atoms. The van der Waals surface area contributed by atoms with E-state index in [1.165, 1.54) is 44.2 Å². The van der Waals surface area contributed by atoms with E-state index in [1.54, 1.807) is 6.07 Å². The van der Waals surface area contributed by atoms with E-state index in [-0.39, 0.29) is 40.4 Å². The first-order valence-corrected chi connectivity index (χ1v) is 9.84. The SMILES string of the molecule is Cc1c(F)c(OCc2noc(=O)[nH]2)c(F)c(C)c1Cc1ccc(O)c(-c2ccccc2F)n1. The van der Waals surface area contributed by atoms with Gasteiger partial charge in [-0.15, -0.1) is 0 Å². The Morgan fingerprint density at radius 3 is 2.39 bits per heavy atom. The number of rotatable bonds is 6. The molecular weight excluding hydrogens is 439 g/mol. The Bertz CT molecular complexity index is 1370. The third kappa shape index (κ3) is 4.32. The fourth-order valence-corrected chi connectivity index (χ4v) is 3.46. The van der Waals surface area contributed by atoms with E-state index in [9.17, 15) is 23.1 Å². The van der Waals surface area contributed by atoms with Crippen LogP contribution in [0.4, 0.5) is 13.2 Å². The maximum absolute atomic E-state index is 15.0. The number of benzene rings is 2. The third-order valence-corrected chi connectivity index (χ3v) is 5.22. The first kappa shape index (κ1) is 22.1. The van der Waals surface area contributed by atoms with Crippen molar-refractivity contribution in [3.05, 3.63) is 92.6 Å². The van der Waals surface area contributed by atoms with Crippen LogP contribution < -0.4 is 10.5 Å². The number of pyridine rings is 1. The van der Waals surface area contributed by atoms with Gasteiger partial charge in [0.05, 0.1) is 0 Å². The van der Waals surface area contributed by atoms with E-state index in [1.807, 2.05) is 0 Å². The van der Waals surface area contributed by atoms with E-state index in [2.05, 4.69) is 19.6 Å². The molecule has 0 unspecified atom stereocenters. The van der Waals surface area contributed by atoms with Crippen LogP contribution in [0.2, 0.25) is 0 Å². The van der Waals surface area contributed by atoms with Gasteiger partial charge in [-0.3, -0.25) is 9.51 Å². The predicted molar refractivity (Wildman–Crippen MR) is 111 cm³/mol. The summed E-state index contributed by atoms with van der Waals surface area (Å²) >= 11 is 0. The second-order valence-corrected chi connectivity index (χ2v) is 7.34. The van der Waals surface area contributed by atoms with E-state index >= 15 is 0 Å². The normalized spacial score (nSPS) is 11.1. The molecule has 4 aromatic rings. The smallest absolute Gasteiger partial charge is 0.439 e. The molecule has 2 aromatic heterocycles. The van der Waals surface area contributed by atoms with E-state index in [0.717, 1.165) is 0 Å². The monoisotopic (exact) mass is 457 g/mol. The minimum absolute atomic E-state index is 0.0212. The maximum Gasteiger partial charge on any atom is 0.439 e. The molecule has 0 radical (unpaired) electrons. The highest BCUT2D eigenvalue weighted by Crippen LogP contribution is 2.34. The summed E-state index contributed by atoms with van der Waals surface area (Å²) in [6.07, 6.45) is 0.0319. The molecule has 10 heteroatoms. The maximum atomic E-state index is 15.0. The number of H-pyrrole nitrogens is 1. The summed E-state index contributed by atoms with van der Waals surface area (Å²) in [5, 5.41) is 13.6. The first-order chi connectivity index (χ1) is 15.8. The van der Waals surface area contributed by atoms with Crippen LogP contribution >= 0.6 is 0 Å². The van der Waals surface area contributed by atoms with E-state index in [4.69, 9.17) is 4.74 Å². The van der Waals surface area contributed by atoms with Gasteiger partial charge in [0, 0.05) is 17.7 Å². The molecule has 2 N–H and O–H groups in total. The van der Waals surface area contributed by atoms with Crippen molar-refractivity contribution in [2.45, 2.75) is 26.9 Å². The highest BCUT2D eigenvalue weighted by atomic mass is 19.1. The van der Waals surface area contributed by atoms with Crippen molar-refractivity contribution in [2.75, 3.05) is 0 Å². The molecule has 0 aliphatic carbocycles. The molecule has 2 heterocycles. The zero-order valence-corrected chi connectivity index (χ0v) is 17.6. The average Bonchev–Trinajstić information content (AvgIpc) is 3.22. The Kier molecular flexibility index (Phi) is 5.91. The van der Waals surface area contributed by atoms with Gasteiger partial charge < -0.3 is 9.84 Å². The molecule has 0 aliphatic rings. The van der Waals surface area contributed by atoms with Gasteiger partial charge in [0.25, 0.3) is 0 Å². The number of aromatic amines is 1. The Hall–Kier alpha value is -4.08. The summed E-state index contributed by atoms with van der Waals surface area (Å²) in [4.78, 5) is 17.5. The van der Waals surface area contributed by atoms with Crippen molar-refractivity contribution in [2.24, 2.45) is 0 Å². The van der Waals surface area contributed by atoms with Gasteiger partial charge in [-0.2, -0.15) is 0 Å². The molecule has 7 nitrogen and oxygen atoms in total. The van der Waals surface area contributed by atoms with Crippen LogP contribution in [-0.4, -0.2) is 20.2 Å². The van der Waals surface area contributed by atoms with Gasteiger partial charge in [-0.25, -0.2) is 22.9 Å².